The van der Waals surface area contributed by atoms with Crippen molar-refractivity contribution in [1.29, 1.82) is 0 Å². The number of nitrogens with one attached hydrogen (secondary N) is 1. The highest BCUT2D eigenvalue weighted by molar-refractivity contribution is 9.11. The maximum absolute atomic E-state index is 13.1. The molecule has 1 aromatic carbocycles. The van der Waals surface area contributed by atoms with Gasteiger partial charge in [-0.3, -0.25) is 0 Å². The lowest BCUT2D eigenvalue weighted by molar-refractivity contribution is 0.578. The first kappa shape index (κ1) is 15.4. The van der Waals surface area contributed by atoms with Gasteiger partial charge >= 0.3 is 0 Å². The largest absolute Gasteiger partial charge is 0.398 e. The second kappa shape index (κ2) is 6.21. The zero-order valence-electron chi connectivity index (χ0n) is 10.3. The van der Waals surface area contributed by atoms with Crippen LogP contribution in [0.3, 0.4) is 0 Å². The summed E-state index contributed by atoms with van der Waals surface area (Å²) in [5.74, 6) is -0.637. The monoisotopic (exact) mass is 378 g/mol. The molecule has 0 saturated heterocycles. The zero-order valence-corrected chi connectivity index (χ0v) is 13.5. The second-order valence-electron chi connectivity index (χ2n) is 4.04. The summed E-state index contributed by atoms with van der Waals surface area (Å²) in [6.07, 6.45) is 0.560. The normalized spacial score (nSPS) is 11.7. The average Bonchev–Trinajstić information content (AvgIpc) is 2.78. The summed E-state index contributed by atoms with van der Waals surface area (Å²) in [5, 5.41) is 0. The molecule has 0 bridgehead atoms. The summed E-state index contributed by atoms with van der Waals surface area (Å²) in [4.78, 5) is 0.816. The van der Waals surface area contributed by atoms with Crippen molar-refractivity contribution >= 4 is 43.0 Å². The predicted molar refractivity (Wildman–Crippen MR) is 81.7 cm³/mol. The summed E-state index contributed by atoms with van der Waals surface area (Å²) in [6, 6.07) is 7.09. The lowest BCUT2D eigenvalue weighted by Crippen LogP contribution is -2.26. The van der Waals surface area contributed by atoms with Gasteiger partial charge in [0.25, 0.3) is 0 Å². The van der Waals surface area contributed by atoms with Crippen molar-refractivity contribution in [3.63, 3.8) is 0 Å². The Balaban J connectivity index is 2.06. The van der Waals surface area contributed by atoms with E-state index in [2.05, 4.69) is 20.7 Å². The van der Waals surface area contributed by atoms with Gasteiger partial charge in [0, 0.05) is 11.4 Å². The molecule has 1 heterocycles. The van der Waals surface area contributed by atoms with Crippen LogP contribution in [0.5, 0.6) is 0 Å². The summed E-state index contributed by atoms with van der Waals surface area (Å²) in [6.45, 7) is 0.227. The number of halogens is 2. The number of nitrogen functional groups attached to an aromatic ring is 1. The first-order valence-corrected chi connectivity index (χ1v) is 8.76. The molecule has 8 heteroatoms. The van der Waals surface area contributed by atoms with Crippen molar-refractivity contribution in [2.45, 2.75) is 11.3 Å². The van der Waals surface area contributed by atoms with Crippen LogP contribution in [0.15, 0.2) is 39.0 Å². The van der Waals surface area contributed by atoms with Crippen molar-refractivity contribution in [3.8, 4) is 0 Å². The van der Waals surface area contributed by atoms with Crippen LogP contribution in [0, 0.1) is 5.82 Å². The minimum Gasteiger partial charge on any atom is -0.398 e. The first-order chi connectivity index (χ1) is 9.38. The van der Waals surface area contributed by atoms with Crippen LogP contribution in [-0.2, 0) is 16.4 Å². The molecular weight excluding hydrogens is 367 g/mol. The number of nitrogens with two attached hydrogens (primary N) is 1. The van der Waals surface area contributed by atoms with E-state index in [0.29, 0.717) is 6.42 Å². The van der Waals surface area contributed by atoms with E-state index >= 15 is 0 Å². The van der Waals surface area contributed by atoms with Crippen molar-refractivity contribution in [2.75, 3.05) is 12.3 Å². The summed E-state index contributed by atoms with van der Waals surface area (Å²) >= 11 is 4.88. The Kier molecular flexibility index (Phi) is 4.79. The Labute approximate surface area is 129 Å². The van der Waals surface area contributed by atoms with E-state index in [1.54, 1.807) is 0 Å². The minimum atomic E-state index is -3.80. The maximum Gasteiger partial charge on any atom is 0.242 e. The van der Waals surface area contributed by atoms with Crippen LogP contribution in [-0.4, -0.2) is 15.0 Å². The standard InChI is InChI=1S/C12H12BrFN2O2S2/c13-12-4-2-9(19-12)5-6-16-20(17,18)11-7-8(14)1-3-10(11)15/h1-4,7,16H,5-6,15H2. The molecule has 0 saturated carbocycles. The summed E-state index contributed by atoms with van der Waals surface area (Å²) in [5.41, 5.74) is 5.60. The topological polar surface area (TPSA) is 72.2 Å². The van der Waals surface area contributed by atoms with Gasteiger partial charge in [-0.2, -0.15) is 0 Å². The molecular formula is C12H12BrFN2O2S2. The molecule has 0 radical (unpaired) electrons. The number of hydrogen-bond acceptors (Lipinski definition) is 4. The molecule has 0 fully saturated rings. The molecule has 0 aliphatic carbocycles. The Hall–Kier alpha value is -0.960. The predicted octanol–water partition coefficient (Wildman–Crippen LogP) is 2.75. The van der Waals surface area contributed by atoms with Crippen LogP contribution in [0.25, 0.3) is 0 Å². The van der Waals surface area contributed by atoms with E-state index in [1.807, 2.05) is 12.1 Å². The maximum atomic E-state index is 13.1. The van der Waals surface area contributed by atoms with E-state index in [4.69, 9.17) is 5.73 Å². The molecule has 0 aliphatic rings. The highest BCUT2D eigenvalue weighted by Gasteiger charge is 2.17. The van der Waals surface area contributed by atoms with Crippen molar-refractivity contribution in [3.05, 3.63) is 44.8 Å². The van der Waals surface area contributed by atoms with E-state index in [1.165, 1.54) is 17.4 Å². The fraction of sp³-hybridized carbons (Fsp3) is 0.167. The Morgan fingerprint density at radius 3 is 2.70 bits per heavy atom. The third-order valence-electron chi connectivity index (χ3n) is 2.56. The molecule has 0 aliphatic heterocycles. The average molecular weight is 379 g/mol. The van der Waals surface area contributed by atoms with Gasteiger partial charge in [-0.05, 0) is 52.7 Å². The number of hydrogen-bond donors (Lipinski definition) is 2. The fourth-order valence-corrected chi connectivity index (χ4v) is 4.27. The number of sulfonamides is 1. The summed E-state index contributed by atoms with van der Waals surface area (Å²) in [7, 11) is -3.80. The van der Waals surface area contributed by atoms with Gasteiger partial charge in [0.05, 0.1) is 9.47 Å². The third-order valence-corrected chi connectivity index (χ3v) is 5.76. The molecule has 20 heavy (non-hydrogen) atoms. The molecule has 3 N–H and O–H groups in total. The van der Waals surface area contributed by atoms with Crippen LogP contribution in [0.1, 0.15) is 4.88 Å². The Morgan fingerprint density at radius 1 is 1.30 bits per heavy atom. The fourth-order valence-electron chi connectivity index (χ4n) is 1.61. The minimum absolute atomic E-state index is 0.0257. The molecule has 1 aromatic heterocycles. The molecule has 2 aromatic rings. The molecule has 0 atom stereocenters. The Bertz CT molecular complexity index is 716. The van der Waals surface area contributed by atoms with Crippen molar-refractivity contribution < 1.29 is 12.8 Å². The first-order valence-electron chi connectivity index (χ1n) is 5.67. The van der Waals surface area contributed by atoms with Gasteiger partial charge in [0.1, 0.15) is 10.7 Å². The van der Waals surface area contributed by atoms with Gasteiger partial charge in [-0.15, -0.1) is 11.3 Å². The lowest BCUT2D eigenvalue weighted by atomic mass is 10.3. The molecule has 4 nitrogen and oxygen atoms in total. The second-order valence-corrected chi connectivity index (χ2v) is 8.32. The van der Waals surface area contributed by atoms with E-state index < -0.39 is 15.8 Å². The molecule has 0 amide bonds. The van der Waals surface area contributed by atoms with Gasteiger partial charge in [0.15, 0.2) is 0 Å². The van der Waals surface area contributed by atoms with Crippen molar-refractivity contribution in [1.82, 2.24) is 4.72 Å². The van der Waals surface area contributed by atoms with Crippen LogP contribution in [0.2, 0.25) is 0 Å². The molecule has 2 rings (SSSR count). The van der Waals surface area contributed by atoms with Crippen LogP contribution in [0.4, 0.5) is 10.1 Å². The van der Waals surface area contributed by atoms with Crippen molar-refractivity contribution in [2.24, 2.45) is 0 Å². The third kappa shape index (κ3) is 3.78. The van der Waals surface area contributed by atoms with Crippen LogP contribution >= 0.6 is 27.3 Å². The van der Waals surface area contributed by atoms with E-state index in [-0.39, 0.29) is 17.1 Å². The van der Waals surface area contributed by atoms with Gasteiger partial charge in [-0.1, -0.05) is 0 Å². The van der Waals surface area contributed by atoms with Gasteiger partial charge in [0.2, 0.25) is 10.0 Å². The SMILES string of the molecule is Nc1ccc(F)cc1S(=O)(=O)NCCc1ccc(Br)s1. The highest BCUT2D eigenvalue weighted by Crippen LogP contribution is 2.22. The van der Waals surface area contributed by atoms with E-state index in [9.17, 15) is 12.8 Å². The van der Waals surface area contributed by atoms with Crippen LogP contribution < -0.4 is 10.5 Å². The smallest absolute Gasteiger partial charge is 0.242 e. The highest BCUT2D eigenvalue weighted by atomic mass is 79.9. The number of anilines is 1. The number of rotatable bonds is 5. The van der Waals surface area contributed by atoms with Gasteiger partial charge < -0.3 is 5.73 Å². The molecule has 108 valence electrons. The lowest BCUT2D eigenvalue weighted by Gasteiger charge is -2.08. The number of benzene rings is 1. The zero-order chi connectivity index (χ0) is 14.8. The summed E-state index contributed by atoms with van der Waals surface area (Å²) < 4.78 is 40.6. The molecule has 0 unspecified atom stereocenters. The quantitative estimate of drug-likeness (QED) is 0.785. The number of thiophene rings is 1. The van der Waals surface area contributed by atoms with E-state index in [0.717, 1.165) is 20.8 Å². The molecule has 0 spiro atoms. The van der Waals surface area contributed by atoms with Gasteiger partial charge in [-0.25, -0.2) is 17.5 Å². The Morgan fingerprint density at radius 2 is 2.05 bits per heavy atom.